The Hall–Kier alpha value is -2.06. The minimum atomic E-state index is -0.324. The van der Waals surface area contributed by atoms with Gasteiger partial charge in [0.1, 0.15) is 5.69 Å². The first kappa shape index (κ1) is 18.3. The van der Waals surface area contributed by atoms with Gasteiger partial charge in [-0.15, -0.1) is 10.2 Å². The van der Waals surface area contributed by atoms with Gasteiger partial charge in [-0.3, -0.25) is 4.79 Å². The van der Waals surface area contributed by atoms with Gasteiger partial charge in [-0.1, -0.05) is 23.4 Å². The second-order valence-electron chi connectivity index (χ2n) is 4.60. The molecular formula is C15H17ClN4O3S. The van der Waals surface area contributed by atoms with E-state index >= 15 is 0 Å². The number of thioether (sulfide) groups is 1. The van der Waals surface area contributed by atoms with Crippen molar-refractivity contribution in [3.05, 3.63) is 38.8 Å². The summed E-state index contributed by atoms with van der Waals surface area (Å²) in [6, 6.07) is 3.41. The highest BCUT2D eigenvalue weighted by atomic mass is 35.5. The summed E-state index contributed by atoms with van der Waals surface area (Å²) in [5.74, 6) is 0.967. The molecule has 1 heterocycles. The monoisotopic (exact) mass is 368 g/mol. The van der Waals surface area contributed by atoms with Gasteiger partial charge in [0.15, 0.2) is 11.5 Å². The maximum atomic E-state index is 12.2. The summed E-state index contributed by atoms with van der Waals surface area (Å²) in [6.45, 7) is 3.92. The van der Waals surface area contributed by atoms with Crippen molar-refractivity contribution in [1.29, 1.82) is 0 Å². The Labute approximate surface area is 148 Å². The summed E-state index contributed by atoms with van der Waals surface area (Å²) in [7, 11) is 1.53. The van der Waals surface area contributed by atoms with Crippen molar-refractivity contribution in [1.82, 2.24) is 14.9 Å². The molecule has 2 rings (SSSR count). The van der Waals surface area contributed by atoms with Crippen LogP contribution in [-0.4, -0.2) is 41.1 Å². The lowest BCUT2D eigenvalue weighted by atomic mass is 10.2. The van der Waals surface area contributed by atoms with Gasteiger partial charge in [0.2, 0.25) is 5.16 Å². The third kappa shape index (κ3) is 3.88. The molecule has 0 atom stereocenters. The number of aromatic nitrogens is 3. The summed E-state index contributed by atoms with van der Waals surface area (Å²) in [4.78, 5) is 12.2. The molecule has 0 N–H and O–H groups in total. The standard InChI is InChI=1S/C15H17ClN4O3S/c1-5-23-13-11(16)6-10(7-12(13)22-3)8-17-20-14(21)9(2)18-19-15(20)24-4/h6-8H,5H2,1-4H3/b17-8-. The summed E-state index contributed by atoms with van der Waals surface area (Å²) >= 11 is 7.51. The minimum absolute atomic E-state index is 0.271. The van der Waals surface area contributed by atoms with Gasteiger partial charge in [0, 0.05) is 0 Å². The van der Waals surface area contributed by atoms with Crippen LogP contribution in [0.2, 0.25) is 5.02 Å². The van der Waals surface area contributed by atoms with Crippen molar-refractivity contribution in [2.24, 2.45) is 5.10 Å². The third-order valence-corrected chi connectivity index (χ3v) is 3.91. The topological polar surface area (TPSA) is 78.6 Å². The van der Waals surface area contributed by atoms with Crippen LogP contribution >= 0.6 is 23.4 Å². The van der Waals surface area contributed by atoms with Gasteiger partial charge < -0.3 is 9.47 Å². The fraction of sp³-hybridized carbons (Fsp3) is 0.333. The fourth-order valence-corrected chi connectivity index (χ4v) is 2.59. The van der Waals surface area contributed by atoms with Crippen LogP contribution < -0.4 is 15.0 Å². The van der Waals surface area contributed by atoms with Gasteiger partial charge in [-0.25, -0.2) is 0 Å². The Morgan fingerprint density at radius 1 is 1.42 bits per heavy atom. The smallest absolute Gasteiger partial charge is 0.296 e. The molecule has 0 amide bonds. The Kier molecular flexibility index (Phi) is 6.22. The van der Waals surface area contributed by atoms with Crippen LogP contribution in [0.1, 0.15) is 18.2 Å². The normalized spacial score (nSPS) is 11.0. The molecule has 0 aliphatic heterocycles. The second kappa shape index (κ2) is 8.16. The summed E-state index contributed by atoms with van der Waals surface area (Å²) in [5, 5.41) is 12.8. The molecule has 0 saturated carbocycles. The Balaban J connectivity index is 2.45. The summed E-state index contributed by atoms with van der Waals surface area (Å²) in [6.07, 6.45) is 3.30. The number of halogens is 1. The molecule has 0 bridgehead atoms. The zero-order valence-electron chi connectivity index (χ0n) is 13.7. The quantitative estimate of drug-likeness (QED) is 0.576. The van der Waals surface area contributed by atoms with Crippen molar-refractivity contribution < 1.29 is 9.47 Å². The van der Waals surface area contributed by atoms with Crippen LogP contribution in [-0.2, 0) is 0 Å². The molecule has 0 saturated heterocycles. The van der Waals surface area contributed by atoms with Crippen molar-refractivity contribution in [2.45, 2.75) is 19.0 Å². The number of ether oxygens (including phenoxy) is 2. The first-order valence-corrected chi connectivity index (χ1v) is 8.67. The maximum Gasteiger partial charge on any atom is 0.296 e. The number of nitrogens with zero attached hydrogens (tertiary/aromatic N) is 4. The van der Waals surface area contributed by atoms with Crippen LogP contribution in [0.4, 0.5) is 0 Å². The van der Waals surface area contributed by atoms with Crippen LogP contribution in [0.15, 0.2) is 27.2 Å². The van der Waals surface area contributed by atoms with Crippen molar-refractivity contribution >= 4 is 29.6 Å². The van der Waals surface area contributed by atoms with Crippen LogP contribution in [0.25, 0.3) is 0 Å². The molecule has 128 valence electrons. The van der Waals surface area contributed by atoms with Gasteiger partial charge in [0.25, 0.3) is 5.56 Å². The zero-order valence-corrected chi connectivity index (χ0v) is 15.3. The first-order chi connectivity index (χ1) is 11.5. The number of aryl methyl sites for hydroxylation is 1. The molecule has 24 heavy (non-hydrogen) atoms. The highest BCUT2D eigenvalue weighted by Crippen LogP contribution is 2.36. The predicted molar refractivity (Wildman–Crippen MR) is 95.0 cm³/mol. The van der Waals surface area contributed by atoms with Gasteiger partial charge in [0.05, 0.1) is 25.0 Å². The molecule has 0 radical (unpaired) electrons. The summed E-state index contributed by atoms with van der Waals surface area (Å²) < 4.78 is 12.0. The van der Waals surface area contributed by atoms with E-state index in [0.717, 1.165) is 0 Å². The number of benzene rings is 1. The van der Waals surface area contributed by atoms with Crippen molar-refractivity contribution in [3.8, 4) is 11.5 Å². The van der Waals surface area contributed by atoms with E-state index in [4.69, 9.17) is 21.1 Å². The summed E-state index contributed by atoms with van der Waals surface area (Å²) in [5.41, 5.74) is 0.607. The van der Waals surface area contributed by atoms with Gasteiger partial charge >= 0.3 is 0 Å². The van der Waals surface area contributed by atoms with E-state index < -0.39 is 0 Å². The minimum Gasteiger partial charge on any atom is -0.493 e. The van der Waals surface area contributed by atoms with E-state index in [9.17, 15) is 4.79 Å². The van der Waals surface area contributed by atoms with E-state index in [-0.39, 0.29) is 11.3 Å². The molecule has 0 spiro atoms. The number of methoxy groups -OCH3 is 1. The highest BCUT2D eigenvalue weighted by Gasteiger charge is 2.11. The maximum absolute atomic E-state index is 12.2. The van der Waals surface area contributed by atoms with E-state index in [0.29, 0.717) is 33.8 Å². The lowest BCUT2D eigenvalue weighted by Gasteiger charge is -2.11. The van der Waals surface area contributed by atoms with Gasteiger partial charge in [-0.2, -0.15) is 9.78 Å². The number of hydrogen-bond donors (Lipinski definition) is 0. The SMILES string of the molecule is CCOc1c(Cl)cc(/C=N\n2c(SC)nnc(C)c2=O)cc1OC. The van der Waals surface area contributed by atoms with Crippen LogP contribution in [0, 0.1) is 6.92 Å². The number of hydrogen-bond acceptors (Lipinski definition) is 7. The molecule has 9 heteroatoms. The van der Waals surface area contributed by atoms with Gasteiger partial charge in [-0.05, 0) is 37.8 Å². The van der Waals surface area contributed by atoms with E-state index in [2.05, 4.69) is 15.3 Å². The average Bonchev–Trinajstić information content (AvgIpc) is 2.58. The molecule has 1 aromatic carbocycles. The highest BCUT2D eigenvalue weighted by molar-refractivity contribution is 7.98. The largest absolute Gasteiger partial charge is 0.493 e. The van der Waals surface area contributed by atoms with Crippen molar-refractivity contribution in [3.63, 3.8) is 0 Å². The molecule has 7 nitrogen and oxygen atoms in total. The van der Waals surface area contributed by atoms with E-state index in [1.807, 2.05) is 6.92 Å². The molecule has 0 aliphatic carbocycles. The Bertz CT molecular complexity index is 823. The van der Waals surface area contributed by atoms with Crippen molar-refractivity contribution in [2.75, 3.05) is 20.0 Å². The molecule has 1 aromatic heterocycles. The third-order valence-electron chi connectivity index (χ3n) is 3.01. The van der Waals surface area contributed by atoms with Crippen LogP contribution in [0.3, 0.4) is 0 Å². The molecule has 0 unspecified atom stereocenters. The van der Waals surface area contributed by atoms with E-state index in [1.54, 1.807) is 25.3 Å². The number of rotatable bonds is 6. The fourth-order valence-electron chi connectivity index (χ4n) is 1.90. The lowest BCUT2D eigenvalue weighted by Crippen LogP contribution is -2.23. The average molecular weight is 369 g/mol. The second-order valence-corrected chi connectivity index (χ2v) is 5.78. The zero-order chi connectivity index (χ0) is 17.7. The Morgan fingerprint density at radius 2 is 2.17 bits per heavy atom. The molecule has 2 aromatic rings. The van der Waals surface area contributed by atoms with E-state index in [1.165, 1.54) is 29.8 Å². The molecule has 0 aliphatic rings. The Morgan fingerprint density at radius 3 is 2.79 bits per heavy atom. The predicted octanol–water partition coefficient (Wildman–Crippen LogP) is 2.61. The first-order valence-electron chi connectivity index (χ1n) is 7.06. The molecule has 0 fully saturated rings. The molecular weight excluding hydrogens is 352 g/mol. The lowest BCUT2D eigenvalue weighted by molar-refractivity contribution is 0.311. The van der Waals surface area contributed by atoms with Crippen LogP contribution in [0.5, 0.6) is 11.5 Å².